The first-order valence-electron chi connectivity index (χ1n) is 5.78. The van der Waals surface area contributed by atoms with Crippen LogP contribution in [0.4, 0.5) is 4.39 Å². The summed E-state index contributed by atoms with van der Waals surface area (Å²) in [5.41, 5.74) is 6.42. The molecule has 0 aliphatic rings. The van der Waals surface area contributed by atoms with Crippen LogP contribution in [-0.2, 0) is 0 Å². The molecule has 16 heavy (non-hydrogen) atoms. The molecule has 0 saturated carbocycles. The predicted molar refractivity (Wildman–Crippen MR) is 64.1 cm³/mol. The van der Waals surface area contributed by atoms with Gasteiger partial charge in [-0.25, -0.2) is 4.39 Å². The minimum atomic E-state index is -0.220. The standard InChI is InChI=1S/C13H20FNO/c1-3-11(15)5-4-8-16-12-7-6-10(2)13(14)9-12/h6-7,9,11H,3-5,8,15H2,1-2H3. The Kier molecular flexibility index (Phi) is 5.26. The fourth-order valence-corrected chi connectivity index (χ4v) is 1.40. The fraction of sp³-hybridized carbons (Fsp3) is 0.538. The number of benzene rings is 1. The largest absolute Gasteiger partial charge is 0.493 e. The maximum Gasteiger partial charge on any atom is 0.129 e. The second-order valence-corrected chi connectivity index (χ2v) is 4.07. The number of rotatable bonds is 6. The number of aryl methyl sites for hydroxylation is 1. The van der Waals surface area contributed by atoms with Crippen LogP contribution in [0.15, 0.2) is 18.2 Å². The van der Waals surface area contributed by atoms with E-state index in [1.807, 2.05) is 0 Å². The van der Waals surface area contributed by atoms with Gasteiger partial charge >= 0.3 is 0 Å². The number of nitrogens with two attached hydrogens (primary N) is 1. The molecule has 0 aromatic heterocycles. The van der Waals surface area contributed by atoms with Crippen molar-refractivity contribution in [1.82, 2.24) is 0 Å². The van der Waals surface area contributed by atoms with Crippen molar-refractivity contribution in [3.05, 3.63) is 29.6 Å². The molecule has 0 saturated heterocycles. The molecule has 0 spiro atoms. The summed E-state index contributed by atoms with van der Waals surface area (Å²) in [7, 11) is 0. The minimum Gasteiger partial charge on any atom is -0.493 e. The molecule has 1 rings (SSSR count). The Morgan fingerprint density at radius 3 is 2.81 bits per heavy atom. The van der Waals surface area contributed by atoms with Gasteiger partial charge < -0.3 is 10.5 Å². The molecule has 0 fully saturated rings. The molecular formula is C13H20FNO. The predicted octanol–water partition coefficient (Wildman–Crippen LogP) is 3.03. The summed E-state index contributed by atoms with van der Waals surface area (Å²) in [4.78, 5) is 0. The quantitative estimate of drug-likeness (QED) is 0.755. The van der Waals surface area contributed by atoms with Crippen LogP contribution in [0, 0.1) is 12.7 Å². The molecule has 0 aliphatic carbocycles. The Labute approximate surface area is 96.6 Å². The normalized spacial score (nSPS) is 12.5. The van der Waals surface area contributed by atoms with E-state index in [0.717, 1.165) is 19.3 Å². The highest BCUT2D eigenvalue weighted by Crippen LogP contribution is 2.16. The number of ether oxygens (including phenoxy) is 1. The highest BCUT2D eigenvalue weighted by Gasteiger charge is 2.01. The van der Waals surface area contributed by atoms with Crippen molar-refractivity contribution in [2.45, 2.75) is 39.2 Å². The van der Waals surface area contributed by atoms with Crippen LogP contribution in [0.2, 0.25) is 0 Å². The first-order chi connectivity index (χ1) is 7.63. The first kappa shape index (κ1) is 13.0. The second kappa shape index (κ2) is 6.48. The Hall–Kier alpha value is -1.09. The van der Waals surface area contributed by atoms with Crippen LogP contribution in [0.5, 0.6) is 5.75 Å². The van der Waals surface area contributed by atoms with Gasteiger partial charge in [0.25, 0.3) is 0 Å². The van der Waals surface area contributed by atoms with E-state index in [2.05, 4.69) is 6.92 Å². The molecule has 1 unspecified atom stereocenters. The molecule has 2 N–H and O–H groups in total. The number of hydrogen-bond acceptors (Lipinski definition) is 2. The van der Waals surface area contributed by atoms with Crippen molar-refractivity contribution >= 4 is 0 Å². The van der Waals surface area contributed by atoms with Gasteiger partial charge in [-0.2, -0.15) is 0 Å². The topological polar surface area (TPSA) is 35.2 Å². The van der Waals surface area contributed by atoms with Gasteiger partial charge in [0.15, 0.2) is 0 Å². The van der Waals surface area contributed by atoms with E-state index in [1.54, 1.807) is 19.1 Å². The summed E-state index contributed by atoms with van der Waals surface area (Å²) in [5, 5.41) is 0. The highest BCUT2D eigenvalue weighted by molar-refractivity contribution is 5.27. The molecule has 1 aromatic rings. The first-order valence-corrected chi connectivity index (χ1v) is 5.78. The molecule has 0 amide bonds. The fourth-order valence-electron chi connectivity index (χ4n) is 1.40. The van der Waals surface area contributed by atoms with E-state index >= 15 is 0 Å². The van der Waals surface area contributed by atoms with Crippen LogP contribution < -0.4 is 10.5 Å². The van der Waals surface area contributed by atoms with Crippen LogP contribution in [-0.4, -0.2) is 12.6 Å². The van der Waals surface area contributed by atoms with Crippen molar-refractivity contribution in [3.8, 4) is 5.75 Å². The van der Waals surface area contributed by atoms with Gasteiger partial charge in [-0.1, -0.05) is 13.0 Å². The number of hydrogen-bond donors (Lipinski definition) is 1. The Morgan fingerprint density at radius 2 is 2.19 bits per heavy atom. The second-order valence-electron chi connectivity index (χ2n) is 4.07. The molecule has 1 aromatic carbocycles. The maximum absolute atomic E-state index is 13.2. The monoisotopic (exact) mass is 225 g/mol. The van der Waals surface area contributed by atoms with Crippen molar-refractivity contribution in [3.63, 3.8) is 0 Å². The van der Waals surface area contributed by atoms with Gasteiger partial charge in [-0.3, -0.25) is 0 Å². The molecule has 1 atom stereocenters. The van der Waals surface area contributed by atoms with Crippen LogP contribution in [0.1, 0.15) is 31.7 Å². The molecule has 2 nitrogen and oxygen atoms in total. The SMILES string of the molecule is CCC(N)CCCOc1ccc(C)c(F)c1. The van der Waals surface area contributed by atoms with Gasteiger partial charge in [0.05, 0.1) is 6.61 Å². The van der Waals surface area contributed by atoms with E-state index in [4.69, 9.17) is 10.5 Å². The van der Waals surface area contributed by atoms with Crippen molar-refractivity contribution < 1.29 is 9.13 Å². The third-order valence-corrected chi connectivity index (χ3v) is 2.66. The summed E-state index contributed by atoms with van der Waals surface area (Å²) in [6.07, 6.45) is 2.84. The molecule has 0 aliphatic heterocycles. The molecule has 0 radical (unpaired) electrons. The lowest BCUT2D eigenvalue weighted by atomic mass is 10.1. The summed E-state index contributed by atoms with van der Waals surface area (Å²) < 4.78 is 18.6. The van der Waals surface area contributed by atoms with Crippen LogP contribution in [0.3, 0.4) is 0 Å². The highest BCUT2D eigenvalue weighted by atomic mass is 19.1. The average molecular weight is 225 g/mol. The van der Waals surface area contributed by atoms with E-state index in [0.29, 0.717) is 17.9 Å². The zero-order valence-corrected chi connectivity index (χ0v) is 10.0. The maximum atomic E-state index is 13.2. The van der Waals surface area contributed by atoms with Gasteiger partial charge in [0, 0.05) is 12.1 Å². The lowest BCUT2D eigenvalue weighted by molar-refractivity contribution is 0.299. The number of halogens is 1. The zero-order valence-electron chi connectivity index (χ0n) is 10.0. The summed E-state index contributed by atoms with van der Waals surface area (Å²) in [6.45, 7) is 4.40. The van der Waals surface area contributed by atoms with Crippen LogP contribution >= 0.6 is 0 Å². The van der Waals surface area contributed by atoms with Crippen molar-refractivity contribution in [1.29, 1.82) is 0 Å². The lowest BCUT2D eigenvalue weighted by Crippen LogP contribution is -2.19. The minimum absolute atomic E-state index is 0.220. The molecular weight excluding hydrogens is 205 g/mol. The van der Waals surface area contributed by atoms with Crippen LogP contribution in [0.25, 0.3) is 0 Å². The zero-order chi connectivity index (χ0) is 12.0. The van der Waals surface area contributed by atoms with Gasteiger partial charge in [0.1, 0.15) is 11.6 Å². The Bertz CT molecular complexity index is 328. The van der Waals surface area contributed by atoms with E-state index in [9.17, 15) is 4.39 Å². The summed E-state index contributed by atoms with van der Waals surface area (Å²) in [6, 6.07) is 5.19. The molecule has 0 heterocycles. The third-order valence-electron chi connectivity index (χ3n) is 2.66. The third kappa shape index (κ3) is 4.19. The van der Waals surface area contributed by atoms with E-state index < -0.39 is 0 Å². The van der Waals surface area contributed by atoms with Gasteiger partial charge in [-0.05, 0) is 37.8 Å². The van der Waals surface area contributed by atoms with Gasteiger partial charge in [-0.15, -0.1) is 0 Å². The smallest absolute Gasteiger partial charge is 0.129 e. The van der Waals surface area contributed by atoms with Crippen molar-refractivity contribution in [2.24, 2.45) is 5.73 Å². The molecule has 0 bridgehead atoms. The molecule has 90 valence electrons. The Morgan fingerprint density at radius 1 is 1.44 bits per heavy atom. The average Bonchev–Trinajstić information content (AvgIpc) is 2.28. The summed E-state index contributed by atoms with van der Waals surface area (Å²) >= 11 is 0. The van der Waals surface area contributed by atoms with Gasteiger partial charge in [0.2, 0.25) is 0 Å². The van der Waals surface area contributed by atoms with E-state index in [1.165, 1.54) is 6.07 Å². The summed E-state index contributed by atoms with van der Waals surface area (Å²) in [5.74, 6) is 0.371. The molecule has 3 heteroatoms. The lowest BCUT2D eigenvalue weighted by Gasteiger charge is -2.10. The van der Waals surface area contributed by atoms with E-state index in [-0.39, 0.29) is 11.9 Å². The Balaban J connectivity index is 2.29. The van der Waals surface area contributed by atoms with Crippen molar-refractivity contribution in [2.75, 3.05) is 6.61 Å².